The summed E-state index contributed by atoms with van der Waals surface area (Å²) in [5.41, 5.74) is 12.1. The van der Waals surface area contributed by atoms with Crippen LogP contribution >= 0.6 is 11.3 Å². The molecule has 0 amide bonds. The van der Waals surface area contributed by atoms with Crippen molar-refractivity contribution < 1.29 is 4.74 Å². The Morgan fingerprint density at radius 3 is 2.91 bits per heavy atom. The second kappa shape index (κ2) is 9.26. The van der Waals surface area contributed by atoms with E-state index in [4.69, 9.17) is 15.5 Å². The summed E-state index contributed by atoms with van der Waals surface area (Å²) in [6.45, 7) is 6.04. The van der Waals surface area contributed by atoms with Crippen molar-refractivity contribution in [1.29, 1.82) is 5.26 Å². The maximum atomic E-state index is 9.53. The van der Waals surface area contributed by atoms with Crippen molar-refractivity contribution in [3.05, 3.63) is 70.1 Å². The van der Waals surface area contributed by atoms with E-state index in [9.17, 15) is 5.26 Å². The van der Waals surface area contributed by atoms with Crippen LogP contribution in [-0.2, 0) is 11.2 Å². The van der Waals surface area contributed by atoms with Gasteiger partial charge in [-0.25, -0.2) is 4.98 Å². The number of fused-ring (bicyclic) bond motifs is 1. The highest BCUT2D eigenvalue weighted by molar-refractivity contribution is 7.16. The van der Waals surface area contributed by atoms with E-state index in [1.807, 2.05) is 38.3 Å². The quantitative estimate of drug-likeness (QED) is 0.651. The van der Waals surface area contributed by atoms with Crippen LogP contribution in [0.1, 0.15) is 55.3 Å². The molecule has 1 unspecified atom stereocenters. The molecular formula is C27H30N4OS. The van der Waals surface area contributed by atoms with Gasteiger partial charge in [-0.2, -0.15) is 5.26 Å². The minimum absolute atomic E-state index is 0.0229. The number of rotatable bonds is 5. The number of nitriles is 1. The Balaban J connectivity index is 1.42. The van der Waals surface area contributed by atoms with Crippen LogP contribution in [0.15, 0.2) is 54.0 Å². The highest BCUT2D eigenvalue weighted by Crippen LogP contribution is 2.43. The Hall–Kier alpha value is -2.72. The van der Waals surface area contributed by atoms with E-state index >= 15 is 0 Å². The first kappa shape index (κ1) is 22.1. The molecule has 2 atom stereocenters. The maximum Gasteiger partial charge on any atom is 0.137 e. The van der Waals surface area contributed by atoms with Crippen molar-refractivity contribution in [3.63, 3.8) is 0 Å². The molecule has 1 aromatic heterocycles. The van der Waals surface area contributed by atoms with Crippen molar-refractivity contribution >= 4 is 16.9 Å². The minimum Gasteiger partial charge on any atom is -0.490 e. The lowest BCUT2D eigenvalue weighted by Gasteiger charge is -2.24. The number of benzene rings is 1. The molecule has 2 N–H and O–H groups in total. The Labute approximate surface area is 199 Å². The first-order chi connectivity index (χ1) is 16.0. The number of nitrogens with two attached hydrogens (primary N) is 1. The molecule has 2 aromatic rings. The van der Waals surface area contributed by atoms with Gasteiger partial charge in [0.2, 0.25) is 0 Å². The number of hydrogen-bond donors (Lipinski definition) is 1. The van der Waals surface area contributed by atoms with Crippen LogP contribution < -0.4 is 5.73 Å². The fraction of sp³-hybridized carbons (Fsp3) is 0.407. The summed E-state index contributed by atoms with van der Waals surface area (Å²) in [4.78, 5) is 8.54. The zero-order valence-corrected chi connectivity index (χ0v) is 20.1. The van der Waals surface area contributed by atoms with E-state index in [0.717, 1.165) is 36.5 Å². The number of ether oxygens (including phenoxy) is 1. The summed E-state index contributed by atoms with van der Waals surface area (Å²) in [5.74, 6) is 0.632. The third-order valence-corrected chi connectivity index (χ3v) is 7.80. The van der Waals surface area contributed by atoms with Gasteiger partial charge in [0.15, 0.2) is 0 Å². The van der Waals surface area contributed by atoms with E-state index in [1.54, 1.807) is 11.3 Å². The zero-order valence-electron chi connectivity index (χ0n) is 19.3. The average molecular weight is 459 g/mol. The predicted molar refractivity (Wildman–Crippen MR) is 133 cm³/mol. The smallest absolute Gasteiger partial charge is 0.137 e. The molecule has 1 fully saturated rings. The molecule has 0 spiro atoms. The number of nitrogens with zero attached hydrogens (tertiary/aromatic N) is 3. The van der Waals surface area contributed by atoms with Gasteiger partial charge in [0, 0.05) is 31.4 Å². The van der Waals surface area contributed by atoms with Gasteiger partial charge in [-0.05, 0) is 67.9 Å². The highest BCUT2D eigenvalue weighted by Gasteiger charge is 2.33. The predicted octanol–water partition coefficient (Wildman–Crippen LogP) is 5.38. The van der Waals surface area contributed by atoms with E-state index < -0.39 is 0 Å². The van der Waals surface area contributed by atoms with Gasteiger partial charge < -0.3 is 10.5 Å². The normalized spacial score (nSPS) is 22.9. The van der Waals surface area contributed by atoms with E-state index in [1.165, 1.54) is 28.0 Å². The molecule has 170 valence electrons. The molecule has 1 aliphatic heterocycles. The number of likely N-dealkylation sites (tertiary alicyclic amines) is 1. The Morgan fingerprint density at radius 2 is 2.15 bits per heavy atom. The van der Waals surface area contributed by atoms with Gasteiger partial charge >= 0.3 is 0 Å². The van der Waals surface area contributed by atoms with Crippen LogP contribution in [0.2, 0.25) is 0 Å². The summed E-state index contributed by atoms with van der Waals surface area (Å²) >= 11 is 1.73. The zero-order chi connectivity index (χ0) is 22.9. The molecule has 5 rings (SSSR count). The lowest BCUT2D eigenvalue weighted by Crippen LogP contribution is -2.29. The molecule has 2 heterocycles. The summed E-state index contributed by atoms with van der Waals surface area (Å²) in [6.07, 6.45) is 12.0. The first-order valence-corrected chi connectivity index (χ1v) is 12.6. The topological polar surface area (TPSA) is 75.2 Å². The lowest BCUT2D eigenvalue weighted by atomic mass is 10.0. The maximum absolute atomic E-state index is 9.53. The summed E-state index contributed by atoms with van der Waals surface area (Å²) in [5, 5.41) is 10.5. The molecule has 0 bridgehead atoms. The molecule has 1 aromatic carbocycles. The molecule has 33 heavy (non-hydrogen) atoms. The molecule has 2 aliphatic carbocycles. The lowest BCUT2D eigenvalue weighted by molar-refractivity contribution is 0.155. The molecule has 0 radical (unpaired) electrons. The molecule has 6 heteroatoms. The number of thiazole rings is 1. The van der Waals surface area contributed by atoms with Gasteiger partial charge in [0.25, 0.3) is 0 Å². The fourth-order valence-corrected chi connectivity index (χ4v) is 6.15. The van der Waals surface area contributed by atoms with Crippen molar-refractivity contribution in [2.75, 3.05) is 13.1 Å². The number of hydrogen-bond acceptors (Lipinski definition) is 6. The Bertz CT molecular complexity index is 1180. The second-order valence-electron chi connectivity index (χ2n) is 9.32. The number of allylic oxidation sites excluding steroid dienone is 5. The van der Waals surface area contributed by atoms with E-state index in [-0.39, 0.29) is 6.10 Å². The standard InChI is InChI=1S/C27H30N4OS/c1-17(2)32-25-11-8-18(6-7-19(25)14-28)27-30-15-26(33-27)23-5-3-4-22-21(23)9-10-24(22)31-13-12-20(29)16-31/h3-5,7-8,11,15,17,20,24H,6,9-10,12-13,16,29H2,1-2H3/t20-,24?/m1/s1. The molecule has 1 saturated heterocycles. The Morgan fingerprint density at radius 1 is 1.27 bits per heavy atom. The van der Waals surface area contributed by atoms with Gasteiger partial charge in [-0.3, -0.25) is 4.90 Å². The summed E-state index contributed by atoms with van der Waals surface area (Å²) in [7, 11) is 0. The van der Waals surface area contributed by atoms with Gasteiger partial charge in [0.1, 0.15) is 16.8 Å². The second-order valence-corrected chi connectivity index (χ2v) is 10.4. The molecule has 5 nitrogen and oxygen atoms in total. The molecular weight excluding hydrogens is 428 g/mol. The Kier molecular flexibility index (Phi) is 6.20. The van der Waals surface area contributed by atoms with Crippen LogP contribution in [-0.4, -0.2) is 35.1 Å². The van der Waals surface area contributed by atoms with Gasteiger partial charge in [-0.15, -0.1) is 11.3 Å². The van der Waals surface area contributed by atoms with E-state index in [0.29, 0.717) is 29.8 Å². The van der Waals surface area contributed by atoms with Crippen molar-refractivity contribution in [1.82, 2.24) is 9.88 Å². The van der Waals surface area contributed by atoms with Crippen LogP contribution in [0, 0.1) is 11.3 Å². The van der Waals surface area contributed by atoms with Crippen LogP contribution in [0.4, 0.5) is 0 Å². The van der Waals surface area contributed by atoms with Crippen molar-refractivity contribution in [3.8, 4) is 16.5 Å². The third kappa shape index (κ3) is 4.41. The number of aromatic nitrogens is 1. The summed E-state index contributed by atoms with van der Waals surface area (Å²) < 4.78 is 5.84. The van der Waals surface area contributed by atoms with E-state index in [2.05, 4.69) is 29.2 Å². The fourth-order valence-electron chi connectivity index (χ4n) is 5.15. The third-order valence-electron chi connectivity index (χ3n) is 6.69. The van der Waals surface area contributed by atoms with Gasteiger partial charge in [-0.1, -0.05) is 30.4 Å². The molecule has 0 saturated carbocycles. The summed E-state index contributed by atoms with van der Waals surface area (Å²) in [6, 6.07) is 9.79. The SMILES string of the molecule is CC(C)OC1=CC=C(c2ncc(-c3cccc4c3CCC4N3CC[C@@H](N)C3)s2)CC=C1C#N. The monoisotopic (exact) mass is 458 g/mol. The van der Waals surface area contributed by atoms with Crippen molar-refractivity contribution in [2.45, 2.75) is 57.7 Å². The first-order valence-electron chi connectivity index (χ1n) is 11.8. The van der Waals surface area contributed by atoms with Crippen LogP contribution in [0.25, 0.3) is 16.0 Å². The van der Waals surface area contributed by atoms with Crippen molar-refractivity contribution in [2.24, 2.45) is 5.73 Å². The van der Waals surface area contributed by atoms with Crippen LogP contribution in [0.5, 0.6) is 0 Å². The largest absolute Gasteiger partial charge is 0.490 e. The highest BCUT2D eigenvalue weighted by atomic mass is 32.1. The average Bonchev–Trinajstić information content (AvgIpc) is 3.52. The van der Waals surface area contributed by atoms with Crippen LogP contribution in [0.3, 0.4) is 0 Å². The van der Waals surface area contributed by atoms with Gasteiger partial charge in [0.05, 0.1) is 16.6 Å². The minimum atomic E-state index is 0.0229. The molecule has 3 aliphatic rings.